The van der Waals surface area contributed by atoms with E-state index in [9.17, 15) is 0 Å². The van der Waals surface area contributed by atoms with Crippen molar-refractivity contribution in [2.75, 3.05) is 13.1 Å². The van der Waals surface area contributed by atoms with Crippen LogP contribution in [-0.2, 0) is 19.4 Å². The van der Waals surface area contributed by atoms with Crippen molar-refractivity contribution in [3.05, 3.63) is 34.9 Å². The van der Waals surface area contributed by atoms with Gasteiger partial charge in [0.05, 0.1) is 0 Å². The molecule has 1 heteroatoms. The molecule has 0 bridgehead atoms. The van der Waals surface area contributed by atoms with E-state index >= 15 is 0 Å². The van der Waals surface area contributed by atoms with Gasteiger partial charge in [0.15, 0.2) is 0 Å². The number of rotatable bonds is 2. The lowest BCUT2D eigenvalue weighted by atomic mass is 9.90. The van der Waals surface area contributed by atoms with Crippen LogP contribution in [0.1, 0.15) is 62.6 Å². The summed E-state index contributed by atoms with van der Waals surface area (Å²) in [6.07, 6.45) is 9.61. The quantitative estimate of drug-likeness (QED) is 0.751. The molecule has 0 atom stereocenters. The first kappa shape index (κ1) is 14.6. The zero-order chi connectivity index (χ0) is 13.5. The molecule has 0 aromatic heterocycles. The van der Waals surface area contributed by atoms with Crippen LogP contribution in [0, 0.1) is 0 Å². The minimum absolute atomic E-state index is 1.17. The maximum Gasteiger partial charge on any atom is 0.0233 e. The van der Waals surface area contributed by atoms with Gasteiger partial charge in [0.1, 0.15) is 0 Å². The molecule has 2 aliphatic rings. The maximum atomic E-state index is 2.62. The highest BCUT2D eigenvalue weighted by Crippen LogP contribution is 2.23. The number of hydrogen-bond acceptors (Lipinski definition) is 1. The molecule has 1 aliphatic heterocycles. The average Bonchev–Trinajstić information content (AvgIpc) is 2.50. The van der Waals surface area contributed by atoms with E-state index in [1.54, 1.807) is 11.1 Å². The molecule has 3 rings (SSSR count). The van der Waals surface area contributed by atoms with Crippen molar-refractivity contribution >= 4 is 0 Å². The van der Waals surface area contributed by atoms with E-state index in [0.29, 0.717) is 0 Å². The molecule has 1 aromatic carbocycles. The second-order valence-corrected chi connectivity index (χ2v) is 5.65. The molecule has 19 heavy (non-hydrogen) atoms. The van der Waals surface area contributed by atoms with Crippen LogP contribution in [0.2, 0.25) is 0 Å². The molecule has 0 amide bonds. The maximum absolute atomic E-state index is 2.62. The van der Waals surface area contributed by atoms with Gasteiger partial charge >= 0.3 is 0 Å². The summed E-state index contributed by atoms with van der Waals surface area (Å²) in [5.74, 6) is 0. The standard InChI is InChI=1S/C16H23N.C2H6/c1-4-10-17(11-5-1)13-14-8-9-15-6-2-3-7-16(15)12-14;1-2/h8-9,12H,1-7,10-11,13H2;1-2H3. The number of aryl methyl sites for hydroxylation is 2. The van der Waals surface area contributed by atoms with Crippen molar-refractivity contribution in [1.82, 2.24) is 4.90 Å². The molecule has 1 heterocycles. The molecular formula is C18H29N. The highest BCUT2D eigenvalue weighted by molar-refractivity contribution is 5.33. The van der Waals surface area contributed by atoms with Gasteiger partial charge in [-0.15, -0.1) is 0 Å². The van der Waals surface area contributed by atoms with Crippen LogP contribution >= 0.6 is 0 Å². The molecule has 1 nitrogen and oxygen atoms in total. The first-order chi connectivity index (χ1) is 9.42. The van der Waals surface area contributed by atoms with Crippen LogP contribution in [0.25, 0.3) is 0 Å². The zero-order valence-corrected chi connectivity index (χ0v) is 12.8. The van der Waals surface area contributed by atoms with Gasteiger partial charge in [0.25, 0.3) is 0 Å². The summed E-state index contributed by atoms with van der Waals surface area (Å²) in [6.45, 7) is 7.78. The van der Waals surface area contributed by atoms with Gasteiger partial charge in [0.2, 0.25) is 0 Å². The van der Waals surface area contributed by atoms with Gasteiger partial charge in [0, 0.05) is 6.54 Å². The predicted molar refractivity (Wildman–Crippen MR) is 83.6 cm³/mol. The highest BCUT2D eigenvalue weighted by atomic mass is 15.1. The third kappa shape index (κ3) is 4.07. The lowest BCUT2D eigenvalue weighted by Crippen LogP contribution is -2.29. The van der Waals surface area contributed by atoms with E-state index in [4.69, 9.17) is 0 Å². The minimum Gasteiger partial charge on any atom is -0.299 e. The van der Waals surface area contributed by atoms with Crippen molar-refractivity contribution in [3.63, 3.8) is 0 Å². The molecule has 0 unspecified atom stereocenters. The third-order valence-electron chi connectivity index (χ3n) is 4.27. The van der Waals surface area contributed by atoms with Crippen LogP contribution in [-0.4, -0.2) is 18.0 Å². The Morgan fingerprint density at radius 3 is 2.26 bits per heavy atom. The predicted octanol–water partition coefficient (Wildman–Crippen LogP) is 4.58. The monoisotopic (exact) mass is 259 g/mol. The molecule has 1 aliphatic carbocycles. The minimum atomic E-state index is 1.17. The number of benzene rings is 1. The first-order valence-corrected chi connectivity index (χ1v) is 8.25. The van der Waals surface area contributed by atoms with Crippen LogP contribution in [0.4, 0.5) is 0 Å². The highest BCUT2D eigenvalue weighted by Gasteiger charge is 2.13. The second-order valence-electron chi connectivity index (χ2n) is 5.65. The fourth-order valence-electron chi connectivity index (χ4n) is 3.26. The van der Waals surface area contributed by atoms with Gasteiger partial charge < -0.3 is 0 Å². The van der Waals surface area contributed by atoms with E-state index in [1.165, 1.54) is 70.1 Å². The number of likely N-dealkylation sites (tertiary alicyclic amines) is 1. The van der Waals surface area contributed by atoms with E-state index in [2.05, 4.69) is 23.1 Å². The Morgan fingerprint density at radius 2 is 1.53 bits per heavy atom. The molecule has 1 aromatic rings. The van der Waals surface area contributed by atoms with E-state index in [-0.39, 0.29) is 0 Å². The SMILES string of the molecule is CC.c1cc2c(cc1CN1CCCCC1)CCCC2. The molecule has 1 fully saturated rings. The van der Waals surface area contributed by atoms with Gasteiger partial charge in [-0.1, -0.05) is 38.5 Å². The Hall–Kier alpha value is -0.820. The largest absolute Gasteiger partial charge is 0.299 e. The Labute approximate surface area is 119 Å². The van der Waals surface area contributed by atoms with Crippen LogP contribution in [0.15, 0.2) is 18.2 Å². The van der Waals surface area contributed by atoms with Gasteiger partial charge in [-0.3, -0.25) is 4.90 Å². The number of piperidine rings is 1. The Kier molecular flexibility index (Phi) is 5.91. The summed E-state index contributed by atoms with van der Waals surface area (Å²) in [4.78, 5) is 2.62. The number of nitrogens with zero attached hydrogens (tertiary/aromatic N) is 1. The average molecular weight is 259 g/mol. The van der Waals surface area contributed by atoms with Gasteiger partial charge in [-0.05, 0) is 68.3 Å². The fourth-order valence-corrected chi connectivity index (χ4v) is 3.26. The van der Waals surface area contributed by atoms with Gasteiger partial charge in [-0.25, -0.2) is 0 Å². The first-order valence-electron chi connectivity index (χ1n) is 8.25. The summed E-state index contributed by atoms with van der Waals surface area (Å²) >= 11 is 0. The van der Waals surface area contributed by atoms with Crippen molar-refractivity contribution in [1.29, 1.82) is 0 Å². The molecule has 1 saturated heterocycles. The Balaban J connectivity index is 0.000000637. The molecule has 0 radical (unpaired) electrons. The lowest BCUT2D eigenvalue weighted by Gasteiger charge is -2.27. The lowest BCUT2D eigenvalue weighted by molar-refractivity contribution is 0.221. The fraction of sp³-hybridized carbons (Fsp3) is 0.667. The molecule has 0 N–H and O–H groups in total. The van der Waals surface area contributed by atoms with Crippen molar-refractivity contribution in [2.24, 2.45) is 0 Å². The van der Waals surface area contributed by atoms with Crippen molar-refractivity contribution in [2.45, 2.75) is 65.3 Å². The second kappa shape index (κ2) is 7.69. The van der Waals surface area contributed by atoms with E-state index in [0.717, 1.165) is 0 Å². The van der Waals surface area contributed by atoms with Crippen LogP contribution < -0.4 is 0 Å². The molecule has 0 saturated carbocycles. The van der Waals surface area contributed by atoms with Crippen molar-refractivity contribution in [3.8, 4) is 0 Å². The molecule has 0 spiro atoms. The van der Waals surface area contributed by atoms with Gasteiger partial charge in [-0.2, -0.15) is 0 Å². The normalized spacial score (nSPS) is 19.3. The topological polar surface area (TPSA) is 3.24 Å². The summed E-state index contributed by atoms with van der Waals surface area (Å²) in [5.41, 5.74) is 4.77. The van der Waals surface area contributed by atoms with Crippen molar-refractivity contribution < 1.29 is 0 Å². The zero-order valence-electron chi connectivity index (χ0n) is 12.8. The smallest absolute Gasteiger partial charge is 0.0233 e. The summed E-state index contributed by atoms with van der Waals surface area (Å²) in [6, 6.07) is 7.22. The molecular weight excluding hydrogens is 230 g/mol. The van der Waals surface area contributed by atoms with E-state index in [1.807, 2.05) is 13.8 Å². The summed E-state index contributed by atoms with van der Waals surface area (Å²) in [5, 5.41) is 0. The number of fused-ring (bicyclic) bond motifs is 1. The molecule has 106 valence electrons. The summed E-state index contributed by atoms with van der Waals surface area (Å²) < 4.78 is 0. The van der Waals surface area contributed by atoms with Crippen LogP contribution in [0.3, 0.4) is 0 Å². The van der Waals surface area contributed by atoms with E-state index < -0.39 is 0 Å². The Bertz CT molecular complexity index is 377. The Morgan fingerprint density at radius 1 is 0.842 bits per heavy atom. The summed E-state index contributed by atoms with van der Waals surface area (Å²) in [7, 11) is 0. The number of hydrogen-bond donors (Lipinski definition) is 0. The third-order valence-corrected chi connectivity index (χ3v) is 4.27. The van der Waals surface area contributed by atoms with Crippen LogP contribution in [0.5, 0.6) is 0 Å².